The van der Waals surface area contributed by atoms with Crippen LogP contribution < -0.4 is 10.6 Å². The Morgan fingerprint density at radius 3 is 2.25 bits per heavy atom. The molecule has 1 amide bonds. The Bertz CT molecular complexity index is 725. The van der Waals surface area contributed by atoms with Gasteiger partial charge in [0.15, 0.2) is 11.6 Å². The highest BCUT2D eigenvalue weighted by Gasteiger charge is 2.25. The van der Waals surface area contributed by atoms with Gasteiger partial charge in [-0.25, -0.2) is 4.79 Å². The van der Waals surface area contributed by atoms with E-state index in [1.807, 2.05) is 0 Å². The molecule has 0 unspecified atom stereocenters. The number of hydrogen-bond donors (Lipinski definition) is 2. The van der Waals surface area contributed by atoms with E-state index >= 15 is 0 Å². The molecule has 0 radical (unpaired) electrons. The van der Waals surface area contributed by atoms with Crippen LogP contribution in [0.15, 0.2) is 36.4 Å². The molecule has 7 nitrogen and oxygen atoms in total. The van der Waals surface area contributed by atoms with Gasteiger partial charge in [-0.2, -0.15) is 0 Å². The van der Waals surface area contributed by atoms with E-state index in [4.69, 9.17) is 0 Å². The standard InChI is InChI=1S/C17H18N4O3/c1-24-17(23)12-5-7-13(8-6-12)18-14-9-10-15(21-20-14)19-16(22)11-3-2-4-11/h5-11H,2-4H2,1H3,(H,18,20)(H,19,21,22). The molecule has 1 heterocycles. The molecule has 1 aliphatic carbocycles. The fraction of sp³-hybridized carbons (Fsp3) is 0.294. The Kier molecular flexibility index (Phi) is 4.69. The molecule has 0 aliphatic heterocycles. The van der Waals surface area contributed by atoms with Crippen molar-refractivity contribution in [1.29, 1.82) is 0 Å². The molecule has 124 valence electrons. The van der Waals surface area contributed by atoms with Gasteiger partial charge in [0, 0.05) is 11.6 Å². The Labute approximate surface area is 139 Å². The van der Waals surface area contributed by atoms with Crippen molar-refractivity contribution in [3.8, 4) is 0 Å². The Morgan fingerprint density at radius 2 is 1.71 bits per heavy atom. The molecule has 1 saturated carbocycles. The summed E-state index contributed by atoms with van der Waals surface area (Å²) in [5.74, 6) is 0.724. The van der Waals surface area contributed by atoms with Gasteiger partial charge in [-0.15, -0.1) is 10.2 Å². The molecule has 1 aromatic heterocycles. The van der Waals surface area contributed by atoms with Crippen molar-refractivity contribution in [2.75, 3.05) is 17.7 Å². The van der Waals surface area contributed by atoms with Crippen molar-refractivity contribution < 1.29 is 14.3 Å². The summed E-state index contributed by atoms with van der Waals surface area (Å²) < 4.78 is 4.65. The van der Waals surface area contributed by atoms with Crippen molar-refractivity contribution in [2.45, 2.75) is 19.3 Å². The van der Waals surface area contributed by atoms with Crippen LogP contribution in [-0.2, 0) is 9.53 Å². The Morgan fingerprint density at radius 1 is 1.04 bits per heavy atom. The van der Waals surface area contributed by atoms with Crippen LogP contribution in [0.2, 0.25) is 0 Å². The number of nitrogens with one attached hydrogen (secondary N) is 2. The predicted molar refractivity (Wildman–Crippen MR) is 89.1 cm³/mol. The topological polar surface area (TPSA) is 93.2 Å². The van der Waals surface area contributed by atoms with Crippen LogP contribution in [0.1, 0.15) is 29.6 Å². The molecule has 0 bridgehead atoms. The van der Waals surface area contributed by atoms with Crippen LogP contribution in [0.3, 0.4) is 0 Å². The minimum atomic E-state index is -0.382. The zero-order valence-electron chi connectivity index (χ0n) is 13.3. The molecule has 1 aromatic carbocycles. The van der Waals surface area contributed by atoms with Crippen molar-refractivity contribution in [3.63, 3.8) is 0 Å². The first kappa shape index (κ1) is 15.9. The second kappa shape index (κ2) is 7.08. The van der Waals surface area contributed by atoms with Crippen molar-refractivity contribution in [1.82, 2.24) is 10.2 Å². The van der Waals surface area contributed by atoms with E-state index in [0.717, 1.165) is 24.9 Å². The molecule has 24 heavy (non-hydrogen) atoms. The average molecular weight is 326 g/mol. The number of nitrogens with zero attached hydrogens (tertiary/aromatic N) is 2. The normalized spacial score (nSPS) is 13.7. The third-order valence-electron chi connectivity index (χ3n) is 3.97. The van der Waals surface area contributed by atoms with Crippen molar-refractivity contribution in [2.24, 2.45) is 5.92 Å². The molecule has 3 rings (SSSR count). The van der Waals surface area contributed by atoms with Gasteiger partial charge in [-0.1, -0.05) is 6.42 Å². The highest BCUT2D eigenvalue weighted by molar-refractivity contribution is 5.92. The largest absolute Gasteiger partial charge is 0.465 e. The number of amides is 1. The lowest BCUT2D eigenvalue weighted by Crippen LogP contribution is -2.28. The summed E-state index contributed by atoms with van der Waals surface area (Å²) in [6, 6.07) is 10.3. The molecule has 1 aliphatic rings. The summed E-state index contributed by atoms with van der Waals surface area (Å²) in [4.78, 5) is 23.2. The molecule has 1 fully saturated rings. The van der Waals surface area contributed by atoms with Crippen LogP contribution >= 0.6 is 0 Å². The summed E-state index contributed by atoms with van der Waals surface area (Å²) in [5, 5.41) is 13.9. The maximum Gasteiger partial charge on any atom is 0.337 e. The van der Waals surface area contributed by atoms with Gasteiger partial charge in [-0.05, 0) is 49.2 Å². The molecule has 2 aromatic rings. The monoisotopic (exact) mass is 326 g/mol. The molecule has 7 heteroatoms. The second-order valence-corrected chi connectivity index (χ2v) is 5.61. The van der Waals surface area contributed by atoms with Gasteiger partial charge >= 0.3 is 5.97 Å². The molecular weight excluding hydrogens is 308 g/mol. The fourth-order valence-electron chi connectivity index (χ4n) is 2.32. The van der Waals surface area contributed by atoms with Gasteiger partial charge in [0.25, 0.3) is 0 Å². The van der Waals surface area contributed by atoms with Gasteiger partial charge in [0.1, 0.15) is 0 Å². The first-order chi connectivity index (χ1) is 11.7. The number of carbonyl (C=O) groups is 2. The van der Waals surface area contributed by atoms with E-state index in [9.17, 15) is 9.59 Å². The van der Waals surface area contributed by atoms with Crippen LogP contribution in [0.25, 0.3) is 0 Å². The van der Waals surface area contributed by atoms with E-state index in [0.29, 0.717) is 17.2 Å². The lowest BCUT2D eigenvalue weighted by atomic mass is 9.85. The van der Waals surface area contributed by atoms with E-state index in [1.54, 1.807) is 36.4 Å². The Hall–Kier alpha value is -2.96. The quantitative estimate of drug-likeness (QED) is 0.821. The number of aromatic nitrogens is 2. The number of carbonyl (C=O) groups excluding carboxylic acids is 2. The lowest BCUT2D eigenvalue weighted by molar-refractivity contribution is -0.122. The predicted octanol–water partition coefficient (Wildman–Crippen LogP) is 2.75. The molecule has 2 N–H and O–H groups in total. The zero-order valence-corrected chi connectivity index (χ0v) is 13.3. The average Bonchev–Trinajstić information content (AvgIpc) is 2.55. The second-order valence-electron chi connectivity index (χ2n) is 5.61. The van der Waals surface area contributed by atoms with Crippen molar-refractivity contribution >= 4 is 29.2 Å². The maximum atomic E-state index is 11.9. The third kappa shape index (κ3) is 3.68. The van der Waals surface area contributed by atoms with E-state index in [1.165, 1.54) is 7.11 Å². The van der Waals surface area contributed by atoms with E-state index in [2.05, 4.69) is 25.6 Å². The SMILES string of the molecule is COC(=O)c1ccc(Nc2ccc(NC(=O)C3CCC3)nn2)cc1. The lowest BCUT2D eigenvalue weighted by Gasteiger charge is -2.23. The third-order valence-corrected chi connectivity index (χ3v) is 3.97. The van der Waals surface area contributed by atoms with Crippen LogP contribution in [0.4, 0.5) is 17.3 Å². The minimum absolute atomic E-state index is 0.00894. The first-order valence-electron chi connectivity index (χ1n) is 7.76. The number of rotatable bonds is 5. The fourth-order valence-corrected chi connectivity index (χ4v) is 2.32. The van der Waals surface area contributed by atoms with Crippen molar-refractivity contribution in [3.05, 3.63) is 42.0 Å². The highest BCUT2D eigenvalue weighted by Crippen LogP contribution is 2.27. The first-order valence-corrected chi connectivity index (χ1v) is 7.76. The molecular formula is C17H18N4O3. The van der Waals surface area contributed by atoms with Gasteiger partial charge in [0.05, 0.1) is 12.7 Å². The summed E-state index contributed by atoms with van der Waals surface area (Å²) in [5.41, 5.74) is 1.24. The summed E-state index contributed by atoms with van der Waals surface area (Å²) in [6.07, 6.45) is 3.00. The van der Waals surface area contributed by atoms with E-state index in [-0.39, 0.29) is 17.8 Å². The molecule has 0 spiro atoms. The number of benzene rings is 1. The molecule has 0 saturated heterocycles. The highest BCUT2D eigenvalue weighted by atomic mass is 16.5. The van der Waals surface area contributed by atoms with Crippen LogP contribution in [0, 0.1) is 5.92 Å². The number of anilines is 3. The number of hydrogen-bond acceptors (Lipinski definition) is 6. The number of ether oxygens (including phenoxy) is 1. The van der Waals surface area contributed by atoms with Gasteiger partial charge in [0.2, 0.25) is 5.91 Å². The van der Waals surface area contributed by atoms with Crippen LogP contribution in [-0.4, -0.2) is 29.2 Å². The zero-order chi connectivity index (χ0) is 16.9. The number of methoxy groups -OCH3 is 1. The minimum Gasteiger partial charge on any atom is -0.465 e. The number of esters is 1. The summed E-state index contributed by atoms with van der Waals surface area (Å²) in [7, 11) is 1.34. The maximum absolute atomic E-state index is 11.9. The molecule has 0 atom stereocenters. The summed E-state index contributed by atoms with van der Waals surface area (Å²) >= 11 is 0. The van der Waals surface area contributed by atoms with Crippen LogP contribution in [0.5, 0.6) is 0 Å². The van der Waals surface area contributed by atoms with Gasteiger partial charge < -0.3 is 15.4 Å². The van der Waals surface area contributed by atoms with Gasteiger partial charge in [-0.3, -0.25) is 4.79 Å². The summed E-state index contributed by atoms with van der Waals surface area (Å²) in [6.45, 7) is 0. The van der Waals surface area contributed by atoms with E-state index < -0.39 is 0 Å². The smallest absolute Gasteiger partial charge is 0.337 e. The Balaban J connectivity index is 1.59.